The molecule has 5 heteroatoms. The van der Waals surface area contributed by atoms with E-state index in [4.69, 9.17) is 5.11 Å². The van der Waals surface area contributed by atoms with Crippen molar-refractivity contribution in [1.29, 1.82) is 0 Å². The molecular weight excluding hydrogens is 256 g/mol. The molecule has 0 aliphatic rings. The second-order valence-corrected chi connectivity index (χ2v) is 5.36. The van der Waals surface area contributed by atoms with Gasteiger partial charge in [-0.3, -0.25) is 4.79 Å². The number of carbonyl (C=O) groups is 2. The molecule has 116 valence electrons. The number of amides is 2. The van der Waals surface area contributed by atoms with Crippen molar-refractivity contribution < 1.29 is 14.7 Å². The summed E-state index contributed by atoms with van der Waals surface area (Å²) in [5.41, 5.74) is 0. The molecule has 0 spiro atoms. The average molecular weight is 284 g/mol. The monoisotopic (exact) mass is 284 g/mol. The highest BCUT2D eigenvalue weighted by Crippen LogP contribution is 2.14. The van der Waals surface area contributed by atoms with E-state index in [0.717, 1.165) is 12.8 Å². The van der Waals surface area contributed by atoms with Crippen LogP contribution in [-0.4, -0.2) is 52.6 Å². The summed E-state index contributed by atoms with van der Waals surface area (Å²) in [4.78, 5) is 26.6. The largest absolute Gasteiger partial charge is 0.480 e. The van der Waals surface area contributed by atoms with E-state index in [2.05, 4.69) is 20.4 Å². The lowest BCUT2D eigenvalue weighted by Gasteiger charge is -2.35. The summed E-state index contributed by atoms with van der Waals surface area (Å²) in [6.07, 6.45) is 3.29. The number of carboxylic acid groups (broad SMARTS) is 1. The lowest BCUT2D eigenvalue weighted by Crippen LogP contribution is -2.50. The minimum atomic E-state index is -1.01. The molecule has 0 aliphatic carbocycles. The van der Waals surface area contributed by atoms with Crippen LogP contribution in [0.1, 0.15) is 40.5 Å². The lowest BCUT2D eigenvalue weighted by atomic mass is 10.1. The van der Waals surface area contributed by atoms with Crippen LogP contribution >= 0.6 is 0 Å². The highest BCUT2D eigenvalue weighted by atomic mass is 16.4. The maximum absolute atomic E-state index is 12.6. The Labute approximate surface area is 122 Å². The van der Waals surface area contributed by atoms with Crippen molar-refractivity contribution >= 4 is 12.0 Å². The van der Waals surface area contributed by atoms with E-state index in [9.17, 15) is 9.59 Å². The zero-order valence-corrected chi connectivity index (χ0v) is 13.1. The molecule has 0 saturated carbocycles. The fourth-order valence-corrected chi connectivity index (χ4v) is 2.22. The number of urea groups is 1. The van der Waals surface area contributed by atoms with Crippen molar-refractivity contribution in [3.63, 3.8) is 0 Å². The Bertz CT molecular complexity index is 325. The van der Waals surface area contributed by atoms with Gasteiger partial charge in [-0.15, -0.1) is 6.58 Å². The maximum Gasteiger partial charge on any atom is 0.323 e. The van der Waals surface area contributed by atoms with Crippen molar-refractivity contribution in [2.45, 2.75) is 46.6 Å². The Morgan fingerprint density at radius 2 is 1.80 bits per heavy atom. The van der Waals surface area contributed by atoms with E-state index < -0.39 is 5.97 Å². The van der Waals surface area contributed by atoms with E-state index in [0.29, 0.717) is 12.5 Å². The SMILES string of the molecule is C=CCN(CC(=O)O)C(=O)N(CC(C)C)C(CC)CC. The van der Waals surface area contributed by atoms with Gasteiger partial charge in [-0.05, 0) is 18.8 Å². The molecule has 0 aliphatic heterocycles. The molecule has 1 N–H and O–H groups in total. The smallest absolute Gasteiger partial charge is 0.323 e. The normalized spacial score (nSPS) is 10.7. The number of aliphatic carboxylic acids is 1. The number of carboxylic acids is 1. The number of hydrogen-bond acceptors (Lipinski definition) is 2. The summed E-state index contributed by atoms with van der Waals surface area (Å²) in [6.45, 7) is 12.4. The van der Waals surface area contributed by atoms with Gasteiger partial charge in [-0.2, -0.15) is 0 Å². The molecule has 0 bridgehead atoms. The van der Waals surface area contributed by atoms with Gasteiger partial charge in [0.25, 0.3) is 0 Å². The molecule has 0 unspecified atom stereocenters. The predicted molar refractivity (Wildman–Crippen MR) is 80.7 cm³/mol. The van der Waals surface area contributed by atoms with Gasteiger partial charge in [-0.25, -0.2) is 4.79 Å². The Kier molecular flexibility index (Phi) is 8.68. The Morgan fingerprint density at radius 1 is 1.25 bits per heavy atom. The lowest BCUT2D eigenvalue weighted by molar-refractivity contribution is -0.137. The first kappa shape index (κ1) is 18.5. The first-order valence-corrected chi connectivity index (χ1v) is 7.25. The first-order valence-electron chi connectivity index (χ1n) is 7.25. The van der Waals surface area contributed by atoms with E-state index >= 15 is 0 Å². The van der Waals surface area contributed by atoms with Gasteiger partial charge in [0, 0.05) is 19.1 Å². The molecule has 0 heterocycles. The molecule has 5 nitrogen and oxygen atoms in total. The number of nitrogens with zero attached hydrogens (tertiary/aromatic N) is 2. The van der Waals surface area contributed by atoms with Crippen molar-refractivity contribution in [1.82, 2.24) is 9.80 Å². The molecule has 0 radical (unpaired) electrons. The zero-order chi connectivity index (χ0) is 15.7. The summed E-state index contributed by atoms with van der Waals surface area (Å²) < 4.78 is 0. The second-order valence-electron chi connectivity index (χ2n) is 5.36. The van der Waals surface area contributed by atoms with Gasteiger partial charge in [-0.1, -0.05) is 33.8 Å². The Morgan fingerprint density at radius 3 is 2.15 bits per heavy atom. The van der Waals surface area contributed by atoms with Crippen LogP contribution in [0.2, 0.25) is 0 Å². The quantitative estimate of drug-likeness (QED) is 0.662. The number of rotatable bonds is 9. The van der Waals surface area contributed by atoms with Gasteiger partial charge in [0.2, 0.25) is 0 Å². The molecule has 0 saturated heterocycles. The van der Waals surface area contributed by atoms with Crippen LogP contribution in [0, 0.1) is 5.92 Å². The van der Waals surface area contributed by atoms with Crippen molar-refractivity contribution in [2.75, 3.05) is 19.6 Å². The fraction of sp³-hybridized carbons (Fsp3) is 0.733. The molecule has 0 aromatic carbocycles. The second kappa shape index (κ2) is 9.39. The minimum absolute atomic E-state index is 0.144. The van der Waals surface area contributed by atoms with Crippen molar-refractivity contribution in [3.05, 3.63) is 12.7 Å². The van der Waals surface area contributed by atoms with Crippen LogP contribution in [0.4, 0.5) is 4.79 Å². The zero-order valence-electron chi connectivity index (χ0n) is 13.1. The van der Waals surface area contributed by atoms with E-state index in [1.54, 1.807) is 11.0 Å². The molecule has 0 atom stereocenters. The van der Waals surface area contributed by atoms with Gasteiger partial charge in [0.1, 0.15) is 6.54 Å². The third-order valence-corrected chi connectivity index (χ3v) is 3.14. The van der Waals surface area contributed by atoms with Crippen LogP contribution in [0.5, 0.6) is 0 Å². The van der Waals surface area contributed by atoms with Crippen molar-refractivity contribution in [3.8, 4) is 0 Å². The molecule has 0 rings (SSSR count). The summed E-state index contributed by atoms with van der Waals surface area (Å²) in [6, 6.07) is -0.0688. The van der Waals surface area contributed by atoms with E-state index in [-0.39, 0.29) is 25.2 Å². The van der Waals surface area contributed by atoms with Crippen LogP contribution in [-0.2, 0) is 4.79 Å². The van der Waals surface area contributed by atoms with Crippen molar-refractivity contribution in [2.24, 2.45) is 5.92 Å². The predicted octanol–water partition coefficient (Wildman–Crippen LogP) is 2.83. The van der Waals surface area contributed by atoms with Gasteiger partial charge in [0.15, 0.2) is 0 Å². The standard InChI is InChI=1S/C15H28N2O3/c1-6-9-16(11-14(18)19)15(20)17(10-12(4)5)13(7-2)8-3/h6,12-13H,1,7-11H2,2-5H3,(H,18,19). The molecule has 0 fully saturated rings. The summed E-state index contributed by atoms with van der Waals surface area (Å²) in [7, 11) is 0. The van der Waals surface area contributed by atoms with Crippen LogP contribution < -0.4 is 0 Å². The first-order chi connectivity index (χ1) is 9.37. The topological polar surface area (TPSA) is 60.9 Å². The van der Waals surface area contributed by atoms with E-state index in [1.807, 2.05) is 13.8 Å². The van der Waals surface area contributed by atoms with E-state index in [1.165, 1.54) is 4.90 Å². The van der Waals surface area contributed by atoms with Gasteiger partial charge < -0.3 is 14.9 Å². The molecule has 0 aromatic heterocycles. The summed E-state index contributed by atoms with van der Waals surface area (Å²) >= 11 is 0. The summed E-state index contributed by atoms with van der Waals surface area (Å²) in [5, 5.41) is 8.93. The minimum Gasteiger partial charge on any atom is -0.480 e. The maximum atomic E-state index is 12.6. The van der Waals surface area contributed by atoms with Crippen LogP contribution in [0.3, 0.4) is 0 Å². The van der Waals surface area contributed by atoms with Crippen LogP contribution in [0.25, 0.3) is 0 Å². The molecule has 20 heavy (non-hydrogen) atoms. The Hall–Kier alpha value is -1.52. The highest BCUT2D eigenvalue weighted by molar-refractivity contribution is 5.80. The average Bonchev–Trinajstić information content (AvgIpc) is 2.36. The Balaban J connectivity index is 5.12. The van der Waals surface area contributed by atoms with Gasteiger partial charge in [0.05, 0.1) is 0 Å². The fourth-order valence-electron chi connectivity index (χ4n) is 2.22. The summed E-state index contributed by atoms with van der Waals surface area (Å²) in [5.74, 6) is -0.663. The molecular formula is C15H28N2O3. The highest BCUT2D eigenvalue weighted by Gasteiger charge is 2.27. The third-order valence-electron chi connectivity index (χ3n) is 3.14. The number of carbonyl (C=O) groups excluding carboxylic acids is 1. The van der Waals surface area contributed by atoms with Gasteiger partial charge >= 0.3 is 12.0 Å². The molecule has 0 aromatic rings. The van der Waals surface area contributed by atoms with Crippen LogP contribution in [0.15, 0.2) is 12.7 Å². The molecule has 2 amide bonds. The third kappa shape index (κ3) is 6.08. The number of hydrogen-bond donors (Lipinski definition) is 1.